The van der Waals surface area contributed by atoms with E-state index < -0.39 is 0 Å². The molecule has 0 bridgehead atoms. The molecule has 2 heterocycles. The van der Waals surface area contributed by atoms with Gasteiger partial charge in [0.15, 0.2) is 11.5 Å². The largest absolute Gasteiger partial charge is 0.486 e. The van der Waals surface area contributed by atoms with E-state index in [0.717, 1.165) is 30.8 Å². The van der Waals surface area contributed by atoms with E-state index in [1.54, 1.807) is 0 Å². The lowest BCUT2D eigenvalue weighted by molar-refractivity contribution is 0.112. The zero-order valence-corrected chi connectivity index (χ0v) is 12.9. The summed E-state index contributed by atoms with van der Waals surface area (Å²) in [6.45, 7) is 3.31. The third-order valence-electron chi connectivity index (χ3n) is 4.25. The van der Waals surface area contributed by atoms with Crippen molar-refractivity contribution in [1.29, 1.82) is 0 Å². The fourth-order valence-corrected chi connectivity index (χ4v) is 3.52. The normalized spacial score (nSPS) is 22.3. The molecule has 2 aliphatic rings. The van der Waals surface area contributed by atoms with Crippen LogP contribution in [-0.2, 0) is 6.54 Å². The van der Waals surface area contributed by atoms with Crippen molar-refractivity contribution in [2.75, 3.05) is 26.4 Å². The van der Waals surface area contributed by atoms with Crippen molar-refractivity contribution in [1.82, 2.24) is 4.90 Å². The number of halogens is 1. The van der Waals surface area contributed by atoms with Gasteiger partial charge in [-0.3, -0.25) is 4.90 Å². The molecule has 0 radical (unpaired) electrons. The van der Waals surface area contributed by atoms with E-state index in [1.165, 1.54) is 19.3 Å². The first-order valence-corrected chi connectivity index (χ1v) is 8.08. The van der Waals surface area contributed by atoms with E-state index in [1.807, 2.05) is 12.1 Å². The number of likely N-dealkylation sites (tertiary alicyclic amines) is 1. The minimum absolute atomic E-state index is 0.253. The highest BCUT2D eigenvalue weighted by atomic mass is 35.5. The van der Waals surface area contributed by atoms with Crippen LogP contribution in [0.4, 0.5) is 0 Å². The average molecular weight is 312 g/mol. The molecular weight excluding hydrogens is 290 g/mol. The van der Waals surface area contributed by atoms with E-state index >= 15 is 0 Å². The second-order valence-corrected chi connectivity index (χ2v) is 6.14. The molecule has 1 aromatic carbocycles. The van der Waals surface area contributed by atoms with Gasteiger partial charge in [-0.2, -0.15) is 0 Å². The first-order chi connectivity index (χ1) is 10.3. The molecule has 1 fully saturated rings. The molecule has 1 aromatic rings. The van der Waals surface area contributed by atoms with E-state index in [-0.39, 0.29) is 6.61 Å². The maximum Gasteiger partial charge on any atom is 0.179 e. The number of aliphatic hydroxyl groups excluding tert-OH is 1. The maximum absolute atomic E-state index is 9.22. The van der Waals surface area contributed by atoms with Crippen LogP contribution in [0.15, 0.2) is 12.1 Å². The average Bonchev–Trinajstić information content (AvgIpc) is 2.50. The number of benzene rings is 1. The van der Waals surface area contributed by atoms with Gasteiger partial charge in [0.2, 0.25) is 0 Å². The maximum atomic E-state index is 9.22. The number of piperidine rings is 1. The lowest BCUT2D eigenvalue weighted by Gasteiger charge is -2.35. The molecule has 0 spiro atoms. The second kappa shape index (κ2) is 6.86. The smallest absolute Gasteiger partial charge is 0.179 e. The molecule has 116 valence electrons. The van der Waals surface area contributed by atoms with Crippen molar-refractivity contribution >= 4 is 11.6 Å². The molecule has 3 rings (SSSR count). The Kier molecular flexibility index (Phi) is 4.88. The molecule has 0 saturated carbocycles. The molecule has 4 nitrogen and oxygen atoms in total. The Bertz CT molecular complexity index is 493. The quantitative estimate of drug-likeness (QED) is 0.928. The number of ether oxygens (including phenoxy) is 2. The Morgan fingerprint density at radius 1 is 1.24 bits per heavy atom. The van der Waals surface area contributed by atoms with Gasteiger partial charge in [0.25, 0.3) is 0 Å². The summed E-state index contributed by atoms with van der Waals surface area (Å²) in [6, 6.07) is 4.47. The second-order valence-electron chi connectivity index (χ2n) is 5.73. The van der Waals surface area contributed by atoms with Crippen molar-refractivity contribution in [3.8, 4) is 11.5 Å². The van der Waals surface area contributed by atoms with Crippen LogP contribution < -0.4 is 9.47 Å². The van der Waals surface area contributed by atoms with Gasteiger partial charge in [0, 0.05) is 19.2 Å². The number of nitrogens with zero attached hydrogens (tertiary/aromatic N) is 1. The van der Waals surface area contributed by atoms with E-state index in [2.05, 4.69) is 4.90 Å². The van der Waals surface area contributed by atoms with Crippen molar-refractivity contribution in [3.05, 3.63) is 22.7 Å². The van der Waals surface area contributed by atoms with Crippen molar-refractivity contribution in [3.63, 3.8) is 0 Å². The molecule has 0 aromatic heterocycles. The summed E-state index contributed by atoms with van der Waals surface area (Å²) in [5.41, 5.74) is 1.15. The van der Waals surface area contributed by atoms with E-state index in [4.69, 9.17) is 21.1 Å². The fourth-order valence-electron chi connectivity index (χ4n) is 3.23. The summed E-state index contributed by atoms with van der Waals surface area (Å²) < 4.78 is 11.2. The first-order valence-electron chi connectivity index (χ1n) is 7.71. The molecule has 5 heteroatoms. The Hall–Kier alpha value is -0.970. The summed E-state index contributed by atoms with van der Waals surface area (Å²) in [7, 11) is 0. The molecule has 2 aliphatic heterocycles. The molecule has 1 N–H and O–H groups in total. The lowest BCUT2D eigenvalue weighted by Crippen LogP contribution is -2.39. The number of hydrogen-bond acceptors (Lipinski definition) is 4. The zero-order chi connectivity index (χ0) is 14.7. The Morgan fingerprint density at radius 3 is 2.95 bits per heavy atom. The summed E-state index contributed by atoms with van der Waals surface area (Å²) in [6.07, 6.45) is 4.49. The number of hydrogen-bond donors (Lipinski definition) is 1. The van der Waals surface area contributed by atoms with Crippen molar-refractivity contribution < 1.29 is 14.6 Å². The number of rotatable bonds is 4. The Labute approximate surface area is 130 Å². The number of aliphatic hydroxyl groups is 1. The predicted molar refractivity (Wildman–Crippen MR) is 82.2 cm³/mol. The SMILES string of the molecule is OCCC1CCCCN1Cc1cc(Cl)c2c(c1)OCCO2. The summed E-state index contributed by atoms with van der Waals surface area (Å²) >= 11 is 6.30. The number of fused-ring (bicyclic) bond motifs is 1. The van der Waals surface area contributed by atoms with E-state index in [0.29, 0.717) is 30.0 Å². The molecule has 0 amide bonds. The Morgan fingerprint density at radius 2 is 2.10 bits per heavy atom. The molecular formula is C16H22ClNO3. The highest BCUT2D eigenvalue weighted by Crippen LogP contribution is 2.39. The van der Waals surface area contributed by atoms with Gasteiger partial charge < -0.3 is 14.6 Å². The summed E-state index contributed by atoms with van der Waals surface area (Å²) in [5, 5.41) is 9.84. The van der Waals surface area contributed by atoms with Crippen LogP contribution in [0.1, 0.15) is 31.2 Å². The van der Waals surface area contributed by atoms with Crippen LogP contribution in [0.25, 0.3) is 0 Å². The molecule has 1 saturated heterocycles. The topological polar surface area (TPSA) is 41.9 Å². The van der Waals surface area contributed by atoms with Crippen LogP contribution in [0.3, 0.4) is 0 Å². The van der Waals surface area contributed by atoms with Crippen LogP contribution >= 0.6 is 11.6 Å². The van der Waals surface area contributed by atoms with Gasteiger partial charge >= 0.3 is 0 Å². The van der Waals surface area contributed by atoms with Gasteiger partial charge in [-0.25, -0.2) is 0 Å². The van der Waals surface area contributed by atoms with Gasteiger partial charge in [-0.1, -0.05) is 18.0 Å². The standard InChI is InChI=1S/C16H22ClNO3/c17-14-9-12(10-15-16(14)21-8-7-20-15)11-18-5-2-1-3-13(18)4-6-19/h9-10,13,19H,1-8,11H2. The molecule has 21 heavy (non-hydrogen) atoms. The highest BCUT2D eigenvalue weighted by Gasteiger charge is 2.23. The van der Waals surface area contributed by atoms with Crippen LogP contribution in [0, 0.1) is 0 Å². The zero-order valence-electron chi connectivity index (χ0n) is 12.2. The minimum atomic E-state index is 0.253. The summed E-state index contributed by atoms with van der Waals surface area (Å²) in [4.78, 5) is 2.45. The fraction of sp³-hybridized carbons (Fsp3) is 0.625. The monoisotopic (exact) mass is 311 g/mol. The summed E-state index contributed by atoms with van der Waals surface area (Å²) in [5.74, 6) is 1.41. The molecule has 1 atom stereocenters. The van der Waals surface area contributed by atoms with Crippen LogP contribution in [-0.4, -0.2) is 42.4 Å². The third-order valence-corrected chi connectivity index (χ3v) is 4.53. The van der Waals surface area contributed by atoms with Gasteiger partial charge in [-0.05, 0) is 43.5 Å². The molecule has 0 aliphatic carbocycles. The van der Waals surface area contributed by atoms with Crippen LogP contribution in [0.2, 0.25) is 5.02 Å². The lowest BCUT2D eigenvalue weighted by atomic mass is 9.98. The highest BCUT2D eigenvalue weighted by molar-refractivity contribution is 6.32. The van der Waals surface area contributed by atoms with Gasteiger partial charge in [0.05, 0.1) is 5.02 Å². The van der Waals surface area contributed by atoms with Gasteiger partial charge in [-0.15, -0.1) is 0 Å². The van der Waals surface area contributed by atoms with Gasteiger partial charge in [0.1, 0.15) is 13.2 Å². The van der Waals surface area contributed by atoms with Crippen LogP contribution in [0.5, 0.6) is 11.5 Å². The van der Waals surface area contributed by atoms with E-state index in [9.17, 15) is 5.11 Å². The minimum Gasteiger partial charge on any atom is -0.486 e. The molecule has 1 unspecified atom stereocenters. The predicted octanol–water partition coefficient (Wildman–Crippen LogP) is 2.85. The van der Waals surface area contributed by atoms with Crippen molar-refractivity contribution in [2.45, 2.75) is 38.3 Å². The first kappa shape index (κ1) is 14.9. The Balaban J connectivity index is 1.75. The van der Waals surface area contributed by atoms with Crippen molar-refractivity contribution in [2.24, 2.45) is 0 Å². The third kappa shape index (κ3) is 3.44.